The van der Waals surface area contributed by atoms with Gasteiger partial charge in [0.05, 0.1) is 0 Å². The number of unbranched alkanes of at least 4 members (excludes halogenated alkanes) is 60. The first kappa shape index (κ1) is 75.9. The summed E-state index contributed by atoms with van der Waals surface area (Å²) in [7, 11) is 0. The molecule has 0 atom stereocenters. The van der Waals surface area contributed by atoms with Gasteiger partial charge in [-0.25, -0.2) is 0 Å². The van der Waals surface area contributed by atoms with E-state index < -0.39 is 0 Å². The van der Waals surface area contributed by atoms with E-state index in [1.165, 1.54) is 450 Å². The molecule has 2 nitrogen and oxygen atoms in total. The van der Waals surface area contributed by atoms with Gasteiger partial charge in [-0.15, -0.1) is 0 Å². The van der Waals surface area contributed by atoms with Crippen molar-refractivity contribution in [1.82, 2.24) is 9.80 Å². The molecule has 0 aromatic heterocycles. The Morgan fingerprint density at radius 3 is 0.303 bits per heavy atom. The molecule has 76 heavy (non-hydrogen) atoms. The van der Waals surface area contributed by atoms with E-state index in [0.29, 0.717) is 0 Å². The van der Waals surface area contributed by atoms with Gasteiger partial charge in [0.1, 0.15) is 0 Å². The quantitative estimate of drug-likeness (QED) is 0.0560. The molecule has 0 N–H and O–H groups in total. The second kappa shape index (κ2) is 71.0. The molecule has 0 aliphatic carbocycles. The van der Waals surface area contributed by atoms with Crippen LogP contribution in [-0.4, -0.2) is 49.1 Å². The van der Waals surface area contributed by atoms with Crippen molar-refractivity contribution in [2.24, 2.45) is 0 Å². The summed E-state index contributed by atoms with van der Waals surface area (Å²) >= 11 is 0. The van der Waals surface area contributed by atoms with Gasteiger partial charge in [-0.1, -0.05) is 413 Å². The Labute approximate surface area is 485 Å². The van der Waals surface area contributed by atoms with Crippen LogP contribution in [0.25, 0.3) is 0 Å². The zero-order valence-corrected chi connectivity index (χ0v) is 54.4. The van der Waals surface area contributed by atoms with Crippen molar-refractivity contribution in [2.45, 2.75) is 439 Å². The first-order valence-corrected chi connectivity index (χ1v) is 37.2. The first-order valence-electron chi connectivity index (χ1n) is 37.2. The lowest BCUT2D eigenvalue weighted by Crippen LogP contribution is -2.37. The average Bonchev–Trinajstić information content (AvgIpc) is 3.43. The molecule has 0 unspecified atom stereocenters. The highest BCUT2D eigenvalue weighted by molar-refractivity contribution is 4.67. The molecule has 0 radical (unpaired) electrons. The van der Waals surface area contributed by atoms with Crippen LogP contribution in [0.4, 0.5) is 0 Å². The van der Waals surface area contributed by atoms with Crippen molar-refractivity contribution in [1.29, 1.82) is 0 Å². The maximum Gasteiger partial charge on any atom is 0.0109 e. The second-order valence-electron chi connectivity index (χ2n) is 25.9. The highest BCUT2D eigenvalue weighted by Crippen LogP contribution is 2.19. The molecule has 458 valence electrons. The van der Waals surface area contributed by atoms with E-state index in [1.807, 2.05) is 0 Å². The Hall–Kier alpha value is -0.0800. The Morgan fingerprint density at radius 1 is 0.105 bits per heavy atom. The van der Waals surface area contributed by atoms with Crippen molar-refractivity contribution in [3.8, 4) is 0 Å². The third kappa shape index (κ3) is 66.4. The Morgan fingerprint density at radius 2 is 0.197 bits per heavy atom. The van der Waals surface area contributed by atoms with E-state index in [-0.39, 0.29) is 0 Å². The molecule has 0 saturated carbocycles. The molecular formula is C74H152N2. The molecule has 0 amide bonds. The summed E-state index contributed by atoms with van der Waals surface area (Å²) < 4.78 is 0. The molecule has 0 spiro atoms. The van der Waals surface area contributed by atoms with Crippen LogP contribution in [0.1, 0.15) is 439 Å². The lowest BCUT2D eigenvalue weighted by atomic mass is 10.0. The SMILES string of the molecule is CCCCCCCCCCCCCCCCCCN(CCCCCCCCCCCCCCCCCC)CCN(CCCCCCCCCCCCCCCCCC)CCCCCCCCCCCCCCCCCC. The van der Waals surface area contributed by atoms with Crippen LogP contribution in [0.15, 0.2) is 0 Å². The van der Waals surface area contributed by atoms with E-state index in [1.54, 1.807) is 0 Å². The van der Waals surface area contributed by atoms with Gasteiger partial charge in [-0.2, -0.15) is 0 Å². The van der Waals surface area contributed by atoms with E-state index >= 15 is 0 Å². The van der Waals surface area contributed by atoms with E-state index in [2.05, 4.69) is 37.5 Å². The molecule has 2 heteroatoms. The van der Waals surface area contributed by atoms with Crippen LogP contribution >= 0.6 is 0 Å². The fourth-order valence-electron chi connectivity index (χ4n) is 12.5. The maximum absolute atomic E-state index is 2.95. The van der Waals surface area contributed by atoms with E-state index in [9.17, 15) is 0 Å². The predicted molar refractivity (Wildman–Crippen MR) is 351 cm³/mol. The molecule has 0 aliphatic heterocycles. The van der Waals surface area contributed by atoms with E-state index in [0.717, 1.165) is 0 Å². The lowest BCUT2D eigenvalue weighted by Gasteiger charge is -2.28. The van der Waals surface area contributed by atoms with Gasteiger partial charge in [0, 0.05) is 13.1 Å². The largest absolute Gasteiger partial charge is 0.302 e. The Kier molecular flexibility index (Phi) is 70.9. The topological polar surface area (TPSA) is 6.48 Å². The molecule has 0 aromatic rings. The third-order valence-electron chi connectivity index (χ3n) is 18.0. The van der Waals surface area contributed by atoms with Gasteiger partial charge in [-0.05, 0) is 51.9 Å². The van der Waals surface area contributed by atoms with Crippen LogP contribution in [0.5, 0.6) is 0 Å². The molecule has 0 heterocycles. The molecule has 0 aromatic carbocycles. The van der Waals surface area contributed by atoms with Crippen molar-refractivity contribution in [3.63, 3.8) is 0 Å². The molecule has 0 aliphatic rings. The minimum Gasteiger partial charge on any atom is -0.302 e. The predicted octanol–water partition coefficient (Wildman–Crippen LogP) is 26.6. The highest BCUT2D eigenvalue weighted by Gasteiger charge is 2.11. The van der Waals surface area contributed by atoms with Crippen LogP contribution in [0.3, 0.4) is 0 Å². The zero-order valence-electron chi connectivity index (χ0n) is 54.4. The van der Waals surface area contributed by atoms with Crippen molar-refractivity contribution in [3.05, 3.63) is 0 Å². The number of hydrogen-bond donors (Lipinski definition) is 0. The fourth-order valence-corrected chi connectivity index (χ4v) is 12.5. The van der Waals surface area contributed by atoms with Crippen LogP contribution in [-0.2, 0) is 0 Å². The van der Waals surface area contributed by atoms with Crippen molar-refractivity contribution >= 4 is 0 Å². The van der Waals surface area contributed by atoms with Gasteiger partial charge in [-0.3, -0.25) is 0 Å². The normalized spacial score (nSPS) is 11.9. The molecule has 0 saturated heterocycles. The van der Waals surface area contributed by atoms with E-state index in [4.69, 9.17) is 0 Å². The van der Waals surface area contributed by atoms with Gasteiger partial charge >= 0.3 is 0 Å². The van der Waals surface area contributed by atoms with Crippen molar-refractivity contribution in [2.75, 3.05) is 39.3 Å². The molecule has 0 fully saturated rings. The average molecular weight is 1070 g/mol. The molecule has 0 rings (SSSR count). The van der Waals surface area contributed by atoms with Crippen molar-refractivity contribution < 1.29 is 0 Å². The summed E-state index contributed by atoms with van der Waals surface area (Å²) in [5, 5.41) is 0. The fraction of sp³-hybridized carbons (Fsp3) is 1.00. The van der Waals surface area contributed by atoms with Crippen LogP contribution in [0, 0.1) is 0 Å². The Bertz CT molecular complexity index is 815. The zero-order chi connectivity index (χ0) is 54.7. The minimum absolute atomic E-state index is 1.31. The first-order chi connectivity index (χ1) is 37.8. The summed E-state index contributed by atoms with van der Waals surface area (Å²) in [5.74, 6) is 0. The lowest BCUT2D eigenvalue weighted by molar-refractivity contribution is 0.192. The summed E-state index contributed by atoms with van der Waals surface area (Å²) in [4.78, 5) is 5.89. The number of rotatable bonds is 71. The summed E-state index contributed by atoms with van der Waals surface area (Å²) in [6.45, 7) is 17.3. The Balaban J connectivity index is 4.83. The molecule has 0 bridgehead atoms. The summed E-state index contributed by atoms with van der Waals surface area (Å²) in [5.41, 5.74) is 0. The second-order valence-corrected chi connectivity index (χ2v) is 25.9. The number of hydrogen-bond acceptors (Lipinski definition) is 2. The van der Waals surface area contributed by atoms with Gasteiger partial charge < -0.3 is 9.80 Å². The van der Waals surface area contributed by atoms with Gasteiger partial charge in [0.2, 0.25) is 0 Å². The van der Waals surface area contributed by atoms with Gasteiger partial charge in [0.25, 0.3) is 0 Å². The highest BCUT2D eigenvalue weighted by atomic mass is 15.2. The number of nitrogens with zero attached hydrogens (tertiary/aromatic N) is 2. The smallest absolute Gasteiger partial charge is 0.0109 e. The van der Waals surface area contributed by atoms with Crippen LogP contribution in [0.2, 0.25) is 0 Å². The molecular weight excluding hydrogens is 917 g/mol. The maximum atomic E-state index is 2.95. The minimum atomic E-state index is 1.31. The standard InChI is InChI=1S/C74H152N2/c1-5-9-13-17-21-25-29-33-37-41-45-49-53-57-61-65-69-75(70-66-62-58-54-50-46-42-38-34-30-26-22-18-14-10-6-2)73-74-76(71-67-63-59-55-51-47-43-39-35-31-27-23-19-15-11-7-3)72-68-64-60-56-52-48-44-40-36-32-28-24-20-16-12-8-4/h5-74H2,1-4H3. The third-order valence-corrected chi connectivity index (χ3v) is 18.0. The summed E-state index contributed by atoms with van der Waals surface area (Å²) in [6.07, 6.45) is 93.8. The summed E-state index contributed by atoms with van der Waals surface area (Å²) in [6, 6.07) is 0. The van der Waals surface area contributed by atoms with Gasteiger partial charge in [0.15, 0.2) is 0 Å². The van der Waals surface area contributed by atoms with Crippen LogP contribution < -0.4 is 0 Å². The monoisotopic (exact) mass is 1070 g/mol.